The Hall–Kier alpha value is -0.900. The lowest BCUT2D eigenvalue weighted by molar-refractivity contribution is 0.114. The summed E-state index contributed by atoms with van der Waals surface area (Å²) in [6.45, 7) is 4.90. The van der Waals surface area contributed by atoms with E-state index in [1.54, 1.807) is 13.1 Å². The standard InChI is InChI=1S/C10H17N3O/c1-8(14)9-6-11-12-13(9)7-10(2)4-3-5-10/h6,8,14H,3-5,7H2,1-2H3. The zero-order valence-corrected chi connectivity index (χ0v) is 8.77. The maximum Gasteiger partial charge on any atom is 0.0945 e. The van der Waals surface area contributed by atoms with E-state index in [1.165, 1.54) is 19.3 Å². The van der Waals surface area contributed by atoms with Crippen LogP contribution in [0.25, 0.3) is 0 Å². The molecule has 0 amide bonds. The summed E-state index contributed by atoms with van der Waals surface area (Å²) in [7, 11) is 0. The predicted octanol–water partition coefficient (Wildman–Crippen LogP) is 1.52. The zero-order chi connectivity index (χ0) is 10.2. The molecule has 0 bridgehead atoms. The number of aliphatic hydroxyl groups is 1. The first-order valence-electron chi connectivity index (χ1n) is 5.17. The molecule has 0 aliphatic heterocycles. The Bertz CT molecular complexity index is 315. The third kappa shape index (κ3) is 1.66. The molecule has 1 unspecified atom stereocenters. The second-order valence-electron chi connectivity index (χ2n) is 4.66. The molecule has 1 aromatic heterocycles. The van der Waals surface area contributed by atoms with Crippen LogP contribution in [0.3, 0.4) is 0 Å². The molecule has 14 heavy (non-hydrogen) atoms. The van der Waals surface area contributed by atoms with Gasteiger partial charge < -0.3 is 5.11 Å². The van der Waals surface area contributed by atoms with Crippen molar-refractivity contribution in [1.82, 2.24) is 15.0 Å². The number of hydrogen-bond acceptors (Lipinski definition) is 3. The Morgan fingerprint density at radius 3 is 2.86 bits per heavy atom. The van der Waals surface area contributed by atoms with E-state index >= 15 is 0 Å². The molecular weight excluding hydrogens is 178 g/mol. The van der Waals surface area contributed by atoms with Crippen LogP contribution in [0.5, 0.6) is 0 Å². The second-order valence-corrected chi connectivity index (χ2v) is 4.66. The van der Waals surface area contributed by atoms with E-state index in [9.17, 15) is 5.11 Å². The predicted molar refractivity (Wildman–Crippen MR) is 52.6 cm³/mol. The molecule has 1 N–H and O–H groups in total. The number of nitrogens with zero attached hydrogens (tertiary/aromatic N) is 3. The third-order valence-electron chi connectivity index (χ3n) is 3.17. The van der Waals surface area contributed by atoms with Gasteiger partial charge in [0.15, 0.2) is 0 Å². The summed E-state index contributed by atoms with van der Waals surface area (Å²) in [4.78, 5) is 0. The van der Waals surface area contributed by atoms with Crippen molar-refractivity contribution in [3.05, 3.63) is 11.9 Å². The summed E-state index contributed by atoms with van der Waals surface area (Å²) in [5.41, 5.74) is 1.19. The van der Waals surface area contributed by atoms with Crippen molar-refractivity contribution in [3.63, 3.8) is 0 Å². The van der Waals surface area contributed by atoms with Crippen LogP contribution >= 0.6 is 0 Å². The molecule has 0 spiro atoms. The van der Waals surface area contributed by atoms with E-state index in [2.05, 4.69) is 17.2 Å². The molecule has 1 aliphatic rings. The van der Waals surface area contributed by atoms with Gasteiger partial charge in [0, 0.05) is 6.54 Å². The van der Waals surface area contributed by atoms with E-state index in [4.69, 9.17) is 0 Å². The van der Waals surface area contributed by atoms with Gasteiger partial charge in [-0.3, -0.25) is 0 Å². The lowest BCUT2D eigenvalue weighted by Gasteiger charge is -2.38. The van der Waals surface area contributed by atoms with Crippen molar-refractivity contribution >= 4 is 0 Å². The first kappa shape index (κ1) is 9.65. The lowest BCUT2D eigenvalue weighted by Crippen LogP contribution is -2.32. The summed E-state index contributed by atoms with van der Waals surface area (Å²) in [5, 5.41) is 17.3. The maximum absolute atomic E-state index is 9.48. The maximum atomic E-state index is 9.48. The fourth-order valence-electron chi connectivity index (χ4n) is 2.01. The molecule has 1 atom stereocenters. The van der Waals surface area contributed by atoms with Gasteiger partial charge in [0.25, 0.3) is 0 Å². The summed E-state index contributed by atoms with van der Waals surface area (Å²) >= 11 is 0. The molecule has 1 heterocycles. The van der Waals surface area contributed by atoms with Crippen LogP contribution in [0.2, 0.25) is 0 Å². The zero-order valence-electron chi connectivity index (χ0n) is 8.77. The van der Waals surface area contributed by atoms with Crippen molar-refractivity contribution in [2.24, 2.45) is 5.41 Å². The van der Waals surface area contributed by atoms with Gasteiger partial charge in [-0.2, -0.15) is 0 Å². The molecule has 1 aromatic rings. The van der Waals surface area contributed by atoms with Gasteiger partial charge >= 0.3 is 0 Å². The Morgan fingerprint density at radius 2 is 2.36 bits per heavy atom. The van der Waals surface area contributed by atoms with E-state index in [0.717, 1.165) is 12.2 Å². The summed E-state index contributed by atoms with van der Waals surface area (Å²) in [6.07, 6.45) is 4.99. The molecule has 0 aromatic carbocycles. The van der Waals surface area contributed by atoms with Crippen LogP contribution in [0.4, 0.5) is 0 Å². The molecule has 1 aliphatic carbocycles. The van der Waals surface area contributed by atoms with Gasteiger partial charge in [0.05, 0.1) is 18.0 Å². The monoisotopic (exact) mass is 195 g/mol. The molecule has 2 rings (SSSR count). The van der Waals surface area contributed by atoms with Crippen molar-refractivity contribution in [3.8, 4) is 0 Å². The number of aromatic nitrogens is 3. The van der Waals surface area contributed by atoms with Crippen LogP contribution in [0, 0.1) is 5.41 Å². The fourth-order valence-corrected chi connectivity index (χ4v) is 2.01. The van der Waals surface area contributed by atoms with Crippen LogP contribution in [0.1, 0.15) is 44.9 Å². The highest BCUT2D eigenvalue weighted by Crippen LogP contribution is 2.41. The van der Waals surface area contributed by atoms with Gasteiger partial charge in [0.1, 0.15) is 0 Å². The number of rotatable bonds is 3. The second kappa shape index (κ2) is 3.35. The molecule has 4 heteroatoms. The van der Waals surface area contributed by atoms with Crippen molar-refractivity contribution in [2.45, 2.75) is 45.8 Å². The molecule has 1 saturated carbocycles. The molecule has 0 saturated heterocycles. The van der Waals surface area contributed by atoms with Gasteiger partial charge in [-0.05, 0) is 25.2 Å². The Kier molecular flexibility index (Phi) is 2.31. The van der Waals surface area contributed by atoms with Crippen molar-refractivity contribution in [2.75, 3.05) is 0 Å². The first-order valence-corrected chi connectivity index (χ1v) is 5.17. The largest absolute Gasteiger partial charge is 0.387 e. The van der Waals surface area contributed by atoms with Crippen LogP contribution in [0.15, 0.2) is 6.20 Å². The minimum Gasteiger partial charge on any atom is -0.387 e. The van der Waals surface area contributed by atoms with Gasteiger partial charge in [-0.15, -0.1) is 5.10 Å². The quantitative estimate of drug-likeness (QED) is 0.795. The lowest BCUT2D eigenvalue weighted by atomic mass is 9.70. The average molecular weight is 195 g/mol. The van der Waals surface area contributed by atoms with E-state index < -0.39 is 6.10 Å². The highest BCUT2D eigenvalue weighted by atomic mass is 16.3. The highest BCUT2D eigenvalue weighted by molar-refractivity contribution is 4.99. The highest BCUT2D eigenvalue weighted by Gasteiger charge is 2.33. The van der Waals surface area contributed by atoms with Crippen molar-refractivity contribution < 1.29 is 5.11 Å². The Labute approximate surface area is 83.9 Å². The molecular formula is C10H17N3O. The summed E-state index contributed by atoms with van der Waals surface area (Å²) < 4.78 is 1.84. The van der Waals surface area contributed by atoms with Gasteiger partial charge in [-0.25, -0.2) is 4.68 Å². The normalized spacial score (nSPS) is 21.6. The summed E-state index contributed by atoms with van der Waals surface area (Å²) in [6, 6.07) is 0. The molecule has 78 valence electrons. The van der Waals surface area contributed by atoms with E-state index in [1.807, 2.05) is 4.68 Å². The fraction of sp³-hybridized carbons (Fsp3) is 0.800. The Balaban J connectivity index is 2.12. The number of hydrogen-bond donors (Lipinski definition) is 1. The molecule has 4 nitrogen and oxygen atoms in total. The van der Waals surface area contributed by atoms with Gasteiger partial charge in [0.2, 0.25) is 0 Å². The number of aliphatic hydroxyl groups excluding tert-OH is 1. The summed E-state index contributed by atoms with van der Waals surface area (Å²) in [5.74, 6) is 0. The average Bonchev–Trinajstić information content (AvgIpc) is 2.49. The van der Waals surface area contributed by atoms with Crippen LogP contribution < -0.4 is 0 Å². The van der Waals surface area contributed by atoms with Gasteiger partial charge in [-0.1, -0.05) is 18.6 Å². The van der Waals surface area contributed by atoms with E-state index in [0.29, 0.717) is 5.41 Å². The smallest absolute Gasteiger partial charge is 0.0945 e. The third-order valence-corrected chi connectivity index (χ3v) is 3.17. The van der Waals surface area contributed by atoms with Crippen LogP contribution in [-0.2, 0) is 6.54 Å². The minimum absolute atomic E-state index is 0.372. The molecule has 1 fully saturated rings. The topological polar surface area (TPSA) is 50.9 Å². The Morgan fingerprint density at radius 1 is 1.64 bits per heavy atom. The first-order chi connectivity index (χ1) is 6.61. The SMILES string of the molecule is CC(O)c1cnnn1CC1(C)CCC1. The van der Waals surface area contributed by atoms with Crippen LogP contribution in [-0.4, -0.2) is 20.1 Å². The molecule has 0 radical (unpaired) electrons. The van der Waals surface area contributed by atoms with Crippen molar-refractivity contribution in [1.29, 1.82) is 0 Å². The minimum atomic E-state index is -0.478. The van der Waals surface area contributed by atoms with E-state index in [-0.39, 0.29) is 0 Å².